The van der Waals surface area contributed by atoms with E-state index >= 15 is 0 Å². The summed E-state index contributed by atoms with van der Waals surface area (Å²) < 4.78 is 38.5. The molecule has 2 fully saturated rings. The van der Waals surface area contributed by atoms with Crippen molar-refractivity contribution in [3.05, 3.63) is 220 Å². The molecule has 436 valence electrons. The molecule has 2 aliphatic carbocycles. The van der Waals surface area contributed by atoms with Crippen LogP contribution in [0.25, 0.3) is 0 Å². The third-order valence-electron chi connectivity index (χ3n) is 14.3. The van der Waals surface area contributed by atoms with Crippen LogP contribution in [0, 0.1) is 25.5 Å². The number of hydrogen-bond acceptors (Lipinski definition) is 10. The molecular formula is C67H68F2N4O11. The molecule has 2 saturated carbocycles. The van der Waals surface area contributed by atoms with Gasteiger partial charge in [0.15, 0.2) is 0 Å². The summed E-state index contributed by atoms with van der Waals surface area (Å²) in [6, 6.07) is 41.8. The van der Waals surface area contributed by atoms with Crippen molar-refractivity contribution in [3.63, 3.8) is 0 Å². The normalized spacial score (nSPS) is 13.8. The van der Waals surface area contributed by atoms with Crippen LogP contribution < -0.4 is 29.9 Å². The number of phenols is 1. The number of nitrogens with zero attached hydrogens (tertiary/aromatic N) is 2. The lowest BCUT2D eigenvalue weighted by atomic mass is 9.93. The number of aromatic hydroxyl groups is 1. The van der Waals surface area contributed by atoms with Crippen molar-refractivity contribution in [2.75, 3.05) is 9.80 Å². The Kier molecular flexibility index (Phi) is 22.2. The number of esters is 2. The molecule has 17 heteroatoms. The predicted octanol–water partition coefficient (Wildman–Crippen LogP) is 12.9. The third kappa shape index (κ3) is 17.3. The van der Waals surface area contributed by atoms with Gasteiger partial charge in [0.2, 0.25) is 11.8 Å². The van der Waals surface area contributed by atoms with Crippen LogP contribution in [0.2, 0.25) is 0 Å². The Bertz CT molecular complexity index is 3420. The number of halogens is 2. The first-order valence-corrected chi connectivity index (χ1v) is 27.9. The number of amides is 4. The molecule has 0 aromatic heterocycles. The van der Waals surface area contributed by atoms with E-state index in [-0.39, 0.29) is 57.7 Å². The van der Waals surface area contributed by atoms with Crippen LogP contribution in [0.4, 0.5) is 20.2 Å². The highest BCUT2D eigenvalue weighted by Crippen LogP contribution is 2.35. The summed E-state index contributed by atoms with van der Waals surface area (Å²) in [5, 5.41) is 24.6. The van der Waals surface area contributed by atoms with Crippen molar-refractivity contribution in [3.8, 4) is 17.2 Å². The van der Waals surface area contributed by atoms with E-state index < -0.39 is 53.4 Å². The fourth-order valence-electron chi connectivity index (χ4n) is 10.2. The fourth-order valence-corrected chi connectivity index (χ4v) is 10.2. The highest BCUT2D eigenvalue weighted by molar-refractivity contribution is 6.11. The van der Waals surface area contributed by atoms with E-state index in [1.54, 1.807) is 12.1 Å². The van der Waals surface area contributed by atoms with Crippen molar-refractivity contribution in [1.29, 1.82) is 0 Å². The highest BCUT2D eigenvalue weighted by Gasteiger charge is 2.37. The van der Waals surface area contributed by atoms with Crippen LogP contribution >= 0.6 is 0 Å². The van der Waals surface area contributed by atoms with Crippen molar-refractivity contribution in [1.82, 2.24) is 10.6 Å². The summed E-state index contributed by atoms with van der Waals surface area (Å²) in [6.45, 7) is 6.36. The van der Waals surface area contributed by atoms with Crippen LogP contribution in [0.1, 0.15) is 143 Å². The number of benzene rings is 7. The topological polar surface area (TPSA) is 209 Å². The second-order valence-corrected chi connectivity index (χ2v) is 20.6. The van der Waals surface area contributed by atoms with E-state index in [4.69, 9.17) is 14.6 Å². The molecule has 4 amide bonds. The summed E-state index contributed by atoms with van der Waals surface area (Å²) in [5.41, 5.74) is 4.28. The van der Waals surface area contributed by atoms with Gasteiger partial charge in [-0.05, 0) is 171 Å². The third-order valence-corrected chi connectivity index (χ3v) is 14.3. The number of phenolic OH excluding ortho intramolecular Hbond substituents is 1. The summed E-state index contributed by atoms with van der Waals surface area (Å²) in [7, 11) is 0. The van der Waals surface area contributed by atoms with Crippen LogP contribution in [-0.2, 0) is 19.2 Å². The molecular weight excluding hydrogens is 1070 g/mol. The fraction of sp³-hybridized carbons (Fsp3) is 0.269. The zero-order valence-corrected chi connectivity index (χ0v) is 47.3. The molecule has 0 spiro atoms. The van der Waals surface area contributed by atoms with E-state index in [0.29, 0.717) is 22.6 Å². The Balaban J connectivity index is 0.000000200. The highest BCUT2D eigenvalue weighted by atomic mass is 19.1. The van der Waals surface area contributed by atoms with Gasteiger partial charge < -0.3 is 30.3 Å². The lowest BCUT2D eigenvalue weighted by Crippen LogP contribution is -2.47. The molecule has 9 rings (SSSR count). The molecule has 2 aliphatic rings. The van der Waals surface area contributed by atoms with Gasteiger partial charge in [-0.3, -0.25) is 38.6 Å². The minimum absolute atomic E-state index is 0.0272. The maximum Gasteiger partial charge on any atom is 0.335 e. The number of rotatable bonds is 15. The molecule has 7 aromatic rings. The van der Waals surface area contributed by atoms with E-state index in [9.17, 15) is 47.4 Å². The molecule has 15 nitrogen and oxygen atoms in total. The molecule has 4 N–H and O–H groups in total. The minimum Gasteiger partial charge on any atom is -0.508 e. The first-order valence-electron chi connectivity index (χ1n) is 27.9. The summed E-state index contributed by atoms with van der Waals surface area (Å²) >= 11 is 0. The van der Waals surface area contributed by atoms with Gasteiger partial charge in [0, 0.05) is 48.4 Å². The van der Waals surface area contributed by atoms with Crippen LogP contribution in [-0.4, -0.2) is 63.8 Å². The van der Waals surface area contributed by atoms with E-state index in [2.05, 4.69) is 10.6 Å². The van der Waals surface area contributed by atoms with Crippen LogP contribution in [0.15, 0.2) is 170 Å². The van der Waals surface area contributed by atoms with Crippen molar-refractivity contribution in [2.45, 2.75) is 116 Å². The number of anilines is 2. The van der Waals surface area contributed by atoms with E-state index in [1.165, 1.54) is 133 Å². The van der Waals surface area contributed by atoms with E-state index in [1.807, 2.05) is 62.4 Å². The van der Waals surface area contributed by atoms with E-state index in [0.717, 1.165) is 75.3 Å². The smallest absolute Gasteiger partial charge is 0.335 e. The van der Waals surface area contributed by atoms with Crippen molar-refractivity contribution >= 4 is 52.9 Å². The first-order chi connectivity index (χ1) is 40.4. The number of aromatic carboxylic acids is 1. The zero-order chi connectivity index (χ0) is 60.3. The largest absolute Gasteiger partial charge is 0.508 e. The van der Waals surface area contributed by atoms with Gasteiger partial charge in [-0.2, -0.15) is 0 Å². The molecule has 2 atom stereocenters. The number of carbonyl (C=O) groups is 7. The maximum atomic E-state index is 14.4. The lowest BCUT2D eigenvalue weighted by molar-refractivity contribution is -0.132. The molecule has 0 heterocycles. The Labute approximate surface area is 487 Å². The van der Waals surface area contributed by atoms with Crippen molar-refractivity contribution in [2.24, 2.45) is 0 Å². The van der Waals surface area contributed by atoms with Gasteiger partial charge in [-0.1, -0.05) is 99.2 Å². The molecule has 0 saturated heterocycles. The van der Waals surface area contributed by atoms with Gasteiger partial charge in [-0.15, -0.1) is 0 Å². The molecule has 0 bridgehead atoms. The second kappa shape index (κ2) is 30.0. The van der Waals surface area contributed by atoms with Crippen molar-refractivity contribution < 1.29 is 62.0 Å². The van der Waals surface area contributed by atoms with Gasteiger partial charge in [0.05, 0.1) is 5.56 Å². The standard InChI is InChI=1S/C30H31FN2O4.C28H29FN2O3.C9H8O4/c1-20-9-6-7-14-27(20)28(29(35)32-24-11-4-3-5-12-24)33(25-13-8-10-23(31)19-25)30(36)22-15-17-26(18-16-22)37-21(2)34;1-19-8-5-6-13-25(19)26(27(33)30-22-10-3-2-4-11-22)31(23-12-7-9-21(29)18-23)28(34)20-14-16-24(32)17-15-20;1-6(10)13-8-4-2-7(3-5-8)9(11)12/h6-10,13-19,24,28H,3-5,11-12H2,1-2H3,(H,32,35);5-9,12-18,22,26,32H,2-4,10-11H2,1H3,(H,30,33);2-5H,1H3,(H,11,12). The quantitative estimate of drug-likeness (QED) is 0.0561. The number of nitrogens with one attached hydrogen (secondary N) is 2. The molecule has 7 aromatic carbocycles. The Morgan fingerprint density at radius 1 is 0.476 bits per heavy atom. The predicted molar refractivity (Wildman–Crippen MR) is 315 cm³/mol. The first kappa shape index (κ1) is 62.1. The Hall–Kier alpha value is -9.51. The Morgan fingerprint density at radius 3 is 1.18 bits per heavy atom. The van der Waals surface area contributed by atoms with Crippen LogP contribution in [0.3, 0.4) is 0 Å². The average molecular weight is 1140 g/mol. The maximum absolute atomic E-state index is 14.4. The zero-order valence-electron chi connectivity index (χ0n) is 47.3. The number of aryl methyl sites for hydroxylation is 2. The summed E-state index contributed by atoms with van der Waals surface area (Å²) in [6.07, 6.45) is 10.1. The van der Waals surface area contributed by atoms with Gasteiger partial charge >= 0.3 is 17.9 Å². The summed E-state index contributed by atoms with van der Waals surface area (Å²) in [5.74, 6) is -3.80. The number of carboxylic acids is 1. The minimum atomic E-state index is -1.02. The average Bonchev–Trinajstić information content (AvgIpc) is 1.41. The SMILES string of the molecule is CC(=O)Oc1ccc(C(=O)N(c2cccc(F)c2)C(C(=O)NC2CCCCC2)c2ccccc2C)cc1.CC(=O)Oc1ccc(C(=O)O)cc1.Cc1ccccc1C(C(=O)NC1CCCCC1)N(C(=O)c1ccc(O)cc1)c1cccc(F)c1. The lowest BCUT2D eigenvalue weighted by Gasteiger charge is -2.34. The molecule has 0 aliphatic heterocycles. The van der Waals surface area contributed by atoms with Crippen LogP contribution in [0.5, 0.6) is 17.2 Å². The Morgan fingerprint density at radius 2 is 0.833 bits per heavy atom. The van der Waals surface area contributed by atoms with Gasteiger partial charge in [0.1, 0.15) is 41.0 Å². The van der Waals surface area contributed by atoms with Gasteiger partial charge in [0.25, 0.3) is 11.8 Å². The monoisotopic (exact) mass is 1140 g/mol. The molecule has 84 heavy (non-hydrogen) atoms. The number of ether oxygens (including phenoxy) is 2. The van der Waals surface area contributed by atoms with Gasteiger partial charge in [-0.25, -0.2) is 13.6 Å². The second-order valence-electron chi connectivity index (χ2n) is 20.6. The molecule has 2 unspecified atom stereocenters. The number of hydrogen-bond donors (Lipinski definition) is 4. The number of carboxylic acid groups (broad SMARTS) is 1. The summed E-state index contributed by atoms with van der Waals surface area (Å²) in [4.78, 5) is 90.5. The number of carbonyl (C=O) groups excluding carboxylic acids is 6. The molecule has 0 radical (unpaired) electrons.